The lowest BCUT2D eigenvalue weighted by molar-refractivity contribution is -0.125. The third kappa shape index (κ3) is 4.48. The average molecular weight is 373 g/mol. The molecule has 0 bridgehead atoms. The number of nitrogens with one attached hydrogen (secondary N) is 2. The zero-order chi connectivity index (χ0) is 18.7. The van der Waals surface area contributed by atoms with Gasteiger partial charge in [0.05, 0.1) is 18.2 Å². The van der Waals surface area contributed by atoms with Gasteiger partial charge in [-0.1, -0.05) is 26.0 Å². The molecule has 1 amide bonds. The zero-order valence-electron chi connectivity index (χ0n) is 15.9. The average Bonchev–Trinajstić information content (AvgIpc) is 3.23. The van der Waals surface area contributed by atoms with E-state index in [0.717, 1.165) is 17.7 Å². The largest absolute Gasteiger partial charge is 0.349 e. The maximum atomic E-state index is 12.8. The Morgan fingerprint density at radius 2 is 2.00 bits per heavy atom. The number of nitrogens with zero attached hydrogens (tertiary/aromatic N) is 2. The summed E-state index contributed by atoms with van der Waals surface area (Å²) in [6, 6.07) is 8.49. The number of aryl methyl sites for hydroxylation is 1. The minimum atomic E-state index is -0.0579. The Morgan fingerprint density at radius 1 is 1.27 bits per heavy atom. The first-order valence-electron chi connectivity index (χ1n) is 9.20. The number of hydrogen-bond donors (Lipinski definition) is 2. The molecule has 2 N–H and O–H groups in total. The molecule has 1 unspecified atom stereocenters. The quantitative estimate of drug-likeness (QED) is 0.765. The summed E-state index contributed by atoms with van der Waals surface area (Å²) in [7, 11) is 1.91. The van der Waals surface area contributed by atoms with E-state index < -0.39 is 0 Å². The van der Waals surface area contributed by atoms with Gasteiger partial charge in [0.1, 0.15) is 0 Å². The SMILES string of the molecule is CC(C)Sc1ccc(C(C)NC(=O)[C@H]2CNC[C@@H]2c2cnn(C)c2)cc1. The molecular formula is C20H28N4OS. The molecule has 0 spiro atoms. The standard InChI is InChI=1S/C20H28N4OS/c1-13(2)26-17-7-5-15(6-8-17)14(3)23-20(25)19-11-21-10-18(19)16-9-22-24(4)12-16/h5-9,12-14,18-19,21H,10-11H2,1-4H3,(H,23,25)/t14?,18-,19+/m1/s1. The highest BCUT2D eigenvalue weighted by Crippen LogP contribution is 2.29. The van der Waals surface area contributed by atoms with Crippen LogP contribution in [0.4, 0.5) is 0 Å². The molecule has 0 radical (unpaired) electrons. The van der Waals surface area contributed by atoms with Crippen LogP contribution >= 0.6 is 11.8 Å². The normalized spacial score (nSPS) is 21.1. The third-order valence-corrected chi connectivity index (χ3v) is 5.83. The molecule has 1 saturated heterocycles. The maximum Gasteiger partial charge on any atom is 0.225 e. The predicted molar refractivity (Wildman–Crippen MR) is 106 cm³/mol. The molecule has 1 aromatic heterocycles. The van der Waals surface area contributed by atoms with E-state index >= 15 is 0 Å². The fraction of sp³-hybridized carbons (Fsp3) is 0.500. The summed E-state index contributed by atoms with van der Waals surface area (Å²) >= 11 is 1.85. The van der Waals surface area contributed by atoms with Crippen LogP contribution in [0.3, 0.4) is 0 Å². The molecule has 26 heavy (non-hydrogen) atoms. The number of thioether (sulfide) groups is 1. The highest BCUT2D eigenvalue weighted by atomic mass is 32.2. The Kier molecular flexibility index (Phi) is 6.04. The van der Waals surface area contributed by atoms with E-state index in [4.69, 9.17) is 0 Å². The Morgan fingerprint density at radius 3 is 2.62 bits per heavy atom. The van der Waals surface area contributed by atoms with Crippen LogP contribution in [-0.4, -0.2) is 34.0 Å². The van der Waals surface area contributed by atoms with Gasteiger partial charge >= 0.3 is 0 Å². The number of rotatable bonds is 6. The zero-order valence-corrected chi connectivity index (χ0v) is 16.7. The molecule has 1 aliphatic rings. The number of amides is 1. The van der Waals surface area contributed by atoms with Crippen molar-refractivity contribution in [2.24, 2.45) is 13.0 Å². The van der Waals surface area contributed by atoms with Gasteiger partial charge < -0.3 is 10.6 Å². The Labute approximate surface area is 159 Å². The lowest BCUT2D eigenvalue weighted by Crippen LogP contribution is -2.35. The van der Waals surface area contributed by atoms with E-state index in [0.29, 0.717) is 11.8 Å². The highest BCUT2D eigenvalue weighted by molar-refractivity contribution is 7.99. The van der Waals surface area contributed by atoms with Gasteiger partial charge in [0.2, 0.25) is 5.91 Å². The van der Waals surface area contributed by atoms with Crippen molar-refractivity contribution in [2.75, 3.05) is 13.1 Å². The van der Waals surface area contributed by atoms with E-state index in [2.05, 4.69) is 53.8 Å². The molecule has 140 valence electrons. The fourth-order valence-electron chi connectivity index (χ4n) is 3.45. The summed E-state index contributed by atoms with van der Waals surface area (Å²) in [5, 5.41) is 11.4. The summed E-state index contributed by atoms with van der Waals surface area (Å²) < 4.78 is 1.79. The monoisotopic (exact) mass is 372 g/mol. The number of benzene rings is 1. The van der Waals surface area contributed by atoms with Gasteiger partial charge in [-0.2, -0.15) is 5.10 Å². The lowest BCUT2D eigenvalue weighted by Gasteiger charge is -2.21. The first-order chi connectivity index (χ1) is 12.4. The Balaban J connectivity index is 1.63. The van der Waals surface area contributed by atoms with E-state index in [1.165, 1.54) is 4.90 Å². The van der Waals surface area contributed by atoms with Crippen LogP contribution in [0.25, 0.3) is 0 Å². The van der Waals surface area contributed by atoms with Crippen LogP contribution < -0.4 is 10.6 Å². The molecule has 1 aromatic carbocycles. The van der Waals surface area contributed by atoms with Crippen molar-refractivity contribution in [3.63, 3.8) is 0 Å². The summed E-state index contributed by atoms with van der Waals surface area (Å²) in [5.74, 6) is 0.232. The molecule has 6 heteroatoms. The molecule has 1 aliphatic heterocycles. The second-order valence-electron chi connectivity index (χ2n) is 7.28. The maximum absolute atomic E-state index is 12.8. The second kappa shape index (κ2) is 8.27. The smallest absolute Gasteiger partial charge is 0.225 e. The molecule has 3 rings (SSSR count). The van der Waals surface area contributed by atoms with Crippen LogP contribution in [0.15, 0.2) is 41.6 Å². The predicted octanol–water partition coefficient (Wildman–Crippen LogP) is 3.10. The Bertz CT molecular complexity index is 741. The van der Waals surface area contributed by atoms with Gasteiger partial charge in [-0.3, -0.25) is 9.48 Å². The van der Waals surface area contributed by atoms with E-state index in [1.54, 1.807) is 4.68 Å². The molecule has 2 heterocycles. The van der Waals surface area contributed by atoms with Gasteiger partial charge in [-0.05, 0) is 30.2 Å². The second-order valence-corrected chi connectivity index (χ2v) is 8.93. The lowest BCUT2D eigenvalue weighted by atomic mass is 9.90. The molecule has 1 fully saturated rings. The fourth-order valence-corrected chi connectivity index (χ4v) is 4.28. The van der Waals surface area contributed by atoms with Crippen molar-refractivity contribution in [1.82, 2.24) is 20.4 Å². The van der Waals surface area contributed by atoms with E-state index in [-0.39, 0.29) is 23.8 Å². The van der Waals surface area contributed by atoms with Gasteiger partial charge in [-0.15, -0.1) is 11.8 Å². The number of aromatic nitrogens is 2. The van der Waals surface area contributed by atoms with Crippen molar-refractivity contribution < 1.29 is 4.79 Å². The molecule has 3 atom stereocenters. The molecule has 0 saturated carbocycles. The molecule has 2 aromatic rings. The molecule has 0 aliphatic carbocycles. The van der Waals surface area contributed by atoms with Crippen molar-refractivity contribution in [1.29, 1.82) is 0 Å². The number of hydrogen-bond acceptors (Lipinski definition) is 4. The van der Waals surface area contributed by atoms with Gasteiger partial charge in [0.15, 0.2) is 0 Å². The molecular weight excluding hydrogens is 344 g/mol. The number of carbonyl (C=O) groups excluding carboxylic acids is 1. The first kappa shape index (κ1) is 19.0. The van der Waals surface area contributed by atoms with Crippen molar-refractivity contribution >= 4 is 17.7 Å². The van der Waals surface area contributed by atoms with E-state index in [1.807, 2.05) is 38.1 Å². The summed E-state index contributed by atoms with van der Waals surface area (Å²) in [4.78, 5) is 14.1. The van der Waals surface area contributed by atoms with Crippen LogP contribution in [0.1, 0.15) is 43.9 Å². The Hall–Kier alpha value is -1.79. The van der Waals surface area contributed by atoms with E-state index in [9.17, 15) is 4.79 Å². The van der Waals surface area contributed by atoms with Crippen LogP contribution in [0.5, 0.6) is 0 Å². The van der Waals surface area contributed by atoms with Gasteiger partial charge in [-0.25, -0.2) is 0 Å². The first-order valence-corrected chi connectivity index (χ1v) is 10.1. The topological polar surface area (TPSA) is 59.0 Å². The van der Waals surface area contributed by atoms with Crippen molar-refractivity contribution in [3.05, 3.63) is 47.8 Å². The van der Waals surface area contributed by atoms with Crippen LogP contribution in [0.2, 0.25) is 0 Å². The van der Waals surface area contributed by atoms with Crippen LogP contribution in [0, 0.1) is 5.92 Å². The molecule has 5 nitrogen and oxygen atoms in total. The summed E-state index contributed by atoms with van der Waals surface area (Å²) in [5.41, 5.74) is 2.26. The number of carbonyl (C=O) groups is 1. The van der Waals surface area contributed by atoms with Crippen molar-refractivity contribution in [2.45, 2.75) is 42.9 Å². The minimum Gasteiger partial charge on any atom is -0.349 e. The summed E-state index contributed by atoms with van der Waals surface area (Å²) in [6.45, 7) is 7.96. The third-order valence-electron chi connectivity index (χ3n) is 4.81. The van der Waals surface area contributed by atoms with Gasteiger partial charge in [0.25, 0.3) is 0 Å². The highest BCUT2D eigenvalue weighted by Gasteiger charge is 2.35. The van der Waals surface area contributed by atoms with Crippen LogP contribution in [-0.2, 0) is 11.8 Å². The summed E-state index contributed by atoms with van der Waals surface area (Å²) in [6.07, 6.45) is 3.87. The minimum absolute atomic E-state index is 0.00394. The van der Waals surface area contributed by atoms with Crippen molar-refractivity contribution in [3.8, 4) is 0 Å². The van der Waals surface area contributed by atoms with Gasteiger partial charge in [0, 0.05) is 42.4 Å².